The summed E-state index contributed by atoms with van der Waals surface area (Å²) < 4.78 is 4.31. The summed E-state index contributed by atoms with van der Waals surface area (Å²) in [7, 11) is 0. The van der Waals surface area contributed by atoms with Crippen LogP contribution in [0.5, 0.6) is 0 Å². The normalized spacial score (nSPS) is 13.9. The summed E-state index contributed by atoms with van der Waals surface area (Å²) in [5, 5.41) is 4.35. The minimum Gasteiger partial charge on any atom is -0.357 e. The van der Waals surface area contributed by atoms with Gasteiger partial charge in [0, 0.05) is 24.0 Å². The van der Waals surface area contributed by atoms with Gasteiger partial charge in [-0.1, -0.05) is 27.7 Å². The summed E-state index contributed by atoms with van der Waals surface area (Å²) in [5.74, 6) is 0.964. The van der Waals surface area contributed by atoms with Crippen molar-refractivity contribution in [1.82, 2.24) is 9.36 Å². The van der Waals surface area contributed by atoms with Gasteiger partial charge in [0.2, 0.25) is 5.13 Å². The molecule has 0 spiro atoms. The molecule has 4 heteroatoms. The summed E-state index contributed by atoms with van der Waals surface area (Å²) in [6.45, 7) is 11.0. The van der Waals surface area contributed by atoms with E-state index in [4.69, 9.17) is 0 Å². The van der Waals surface area contributed by atoms with Gasteiger partial charge in [-0.25, -0.2) is 4.98 Å². The third-order valence-electron chi connectivity index (χ3n) is 2.58. The molecule has 1 aromatic heterocycles. The second kappa shape index (κ2) is 4.92. The lowest BCUT2D eigenvalue weighted by Gasteiger charge is -2.27. The second-order valence-corrected chi connectivity index (χ2v) is 5.75. The zero-order valence-corrected chi connectivity index (χ0v) is 11.1. The van der Waals surface area contributed by atoms with E-state index in [1.807, 2.05) is 0 Å². The van der Waals surface area contributed by atoms with Gasteiger partial charge in [-0.2, -0.15) is 4.37 Å². The van der Waals surface area contributed by atoms with Crippen molar-refractivity contribution in [2.45, 2.75) is 53.5 Å². The molecular formula is C11H21N3S. The Kier molecular flexibility index (Phi) is 4.08. The van der Waals surface area contributed by atoms with Gasteiger partial charge in [-0.05, 0) is 18.8 Å². The fraction of sp³-hybridized carbons (Fsp3) is 0.818. The smallest absolute Gasteiger partial charge is 0.202 e. The van der Waals surface area contributed by atoms with Crippen LogP contribution < -0.4 is 5.32 Å². The molecule has 0 amide bonds. The Hall–Kier alpha value is -0.640. The average molecular weight is 227 g/mol. The van der Waals surface area contributed by atoms with E-state index < -0.39 is 0 Å². The fourth-order valence-electron chi connectivity index (χ4n) is 1.04. The van der Waals surface area contributed by atoms with E-state index in [1.54, 1.807) is 0 Å². The van der Waals surface area contributed by atoms with Crippen molar-refractivity contribution in [1.29, 1.82) is 0 Å². The Morgan fingerprint density at radius 3 is 2.60 bits per heavy atom. The van der Waals surface area contributed by atoms with Crippen LogP contribution in [0.3, 0.4) is 0 Å². The molecule has 0 radical (unpaired) electrons. The summed E-state index contributed by atoms with van der Waals surface area (Å²) in [6, 6.07) is 0.403. The lowest BCUT2D eigenvalue weighted by atomic mass is 9.88. The third-order valence-corrected chi connectivity index (χ3v) is 3.26. The molecule has 0 aliphatic heterocycles. The van der Waals surface area contributed by atoms with Crippen LogP contribution in [0, 0.1) is 5.41 Å². The average Bonchev–Trinajstić information content (AvgIpc) is 2.51. The maximum atomic E-state index is 4.45. The van der Waals surface area contributed by atoms with Crippen LogP contribution in [-0.2, 0) is 6.42 Å². The first kappa shape index (κ1) is 12.4. The molecule has 3 nitrogen and oxygen atoms in total. The topological polar surface area (TPSA) is 37.8 Å². The Bertz CT molecular complexity index is 301. The lowest BCUT2D eigenvalue weighted by Crippen LogP contribution is -2.30. The molecule has 1 atom stereocenters. The highest BCUT2D eigenvalue weighted by molar-refractivity contribution is 7.09. The number of hydrogen-bond acceptors (Lipinski definition) is 4. The molecular weight excluding hydrogens is 206 g/mol. The quantitative estimate of drug-likeness (QED) is 0.857. The van der Waals surface area contributed by atoms with Crippen LogP contribution in [0.2, 0.25) is 0 Å². The predicted octanol–water partition coefficient (Wildman–Crippen LogP) is 3.34. The molecule has 0 saturated heterocycles. The molecule has 1 N–H and O–H groups in total. The monoisotopic (exact) mass is 227 g/mol. The van der Waals surface area contributed by atoms with Crippen molar-refractivity contribution in [3.8, 4) is 0 Å². The number of nitrogens with zero attached hydrogens (tertiary/aromatic N) is 2. The van der Waals surface area contributed by atoms with Crippen molar-refractivity contribution in [3.63, 3.8) is 0 Å². The third kappa shape index (κ3) is 3.78. The molecule has 0 bridgehead atoms. The maximum Gasteiger partial charge on any atom is 0.202 e. The number of hydrogen-bond donors (Lipinski definition) is 1. The van der Waals surface area contributed by atoms with Crippen molar-refractivity contribution in [3.05, 3.63) is 5.82 Å². The first-order valence-corrected chi connectivity index (χ1v) is 6.30. The lowest BCUT2D eigenvalue weighted by molar-refractivity contribution is 0.359. The van der Waals surface area contributed by atoms with Crippen LogP contribution in [-0.4, -0.2) is 15.4 Å². The van der Waals surface area contributed by atoms with Gasteiger partial charge in [0.05, 0.1) is 0 Å². The Morgan fingerprint density at radius 1 is 1.40 bits per heavy atom. The van der Waals surface area contributed by atoms with Gasteiger partial charge >= 0.3 is 0 Å². The van der Waals surface area contributed by atoms with Crippen LogP contribution in [0.4, 0.5) is 5.13 Å². The van der Waals surface area contributed by atoms with Crippen molar-refractivity contribution in [2.24, 2.45) is 5.41 Å². The molecule has 0 aliphatic rings. The molecule has 86 valence electrons. The summed E-state index contributed by atoms with van der Waals surface area (Å²) in [5.41, 5.74) is 0.247. The Labute approximate surface area is 96.5 Å². The zero-order valence-electron chi connectivity index (χ0n) is 10.3. The van der Waals surface area contributed by atoms with E-state index in [-0.39, 0.29) is 5.41 Å². The van der Waals surface area contributed by atoms with E-state index in [2.05, 4.69) is 49.3 Å². The minimum absolute atomic E-state index is 0.247. The number of anilines is 1. The molecule has 1 unspecified atom stereocenters. The minimum atomic E-state index is 0.247. The van der Waals surface area contributed by atoms with E-state index in [1.165, 1.54) is 11.5 Å². The van der Waals surface area contributed by atoms with Crippen molar-refractivity contribution < 1.29 is 0 Å². The number of aryl methyl sites for hydroxylation is 1. The second-order valence-electron chi connectivity index (χ2n) is 5.00. The van der Waals surface area contributed by atoms with E-state index >= 15 is 0 Å². The van der Waals surface area contributed by atoms with Crippen molar-refractivity contribution in [2.75, 3.05) is 5.32 Å². The molecule has 1 heterocycles. The number of aromatic nitrogens is 2. The van der Waals surface area contributed by atoms with Gasteiger partial charge in [0.1, 0.15) is 5.82 Å². The fourth-order valence-corrected chi connectivity index (χ4v) is 1.74. The molecule has 0 saturated carbocycles. The molecule has 1 rings (SSSR count). The molecule has 0 aliphatic carbocycles. The maximum absolute atomic E-state index is 4.45. The first-order chi connectivity index (χ1) is 6.93. The van der Waals surface area contributed by atoms with Gasteiger partial charge in [-0.3, -0.25) is 0 Å². The highest BCUT2D eigenvalue weighted by Gasteiger charge is 2.20. The van der Waals surface area contributed by atoms with Crippen LogP contribution in [0.25, 0.3) is 0 Å². The highest BCUT2D eigenvalue weighted by Crippen LogP contribution is 2.23. The Balaban J connectivity index is 2.57. The van der Waals surface area contributed by atoms with Gasteiger partial charge < -0.3 is 5.32 Å². The van der Waals surface area contributed by atoms with Gasteiger partial charge in [0.25, 0.3) is 0 Å². The molecule has 1 aromatic rings. The van der Waals surface area contributed by atoms with Crippen LogP contribution in [0.1, 0.15) is 46.9 Å². The largest absolute Gasteiger partial charge is 0.357 e. The highest BCUT2D eigenvalue weighted by atomic mass is 32.1. The standard InChI is InChI=1S/C11H21N3S/c1-6-7-9-13-10(15-14-9)12-8(2)11(3,4)5/h8H,6-7H2,1-5H3,(H,12,13,14). The molecule has 0 aromatic carbocycles. The first-order valence-electron chi connectivity index (χ1n) is 5.52. The SMILES string of the molecule is CCCc1nsc(NC(C)C(C)(C)C)n1. The summed E-state index contributed by atoms with van der Waals surface area (Å²) in [4.78, 5) is 4.45. The zero-order chi connectivity index (χ0) is 11.5. The summed E-state index contributed by atoms with van der Waals surface area (Å²) in [6.07, 6.45) is 2.08. The van der Waals surface area contributed by atoms with E-state index in [9.17, 15) is 0 Å². The Morgan fingerprint density at radius 2 is 2.07 bits per heavy atom. The number of nitrogens with one attached hydrogen (secondary N) is 1. The molecule has 15 heavy (non-hydrogen) atoms. The van der Waals surface area contributed by atoms with Crippen LogP contribution >= 0.6 is 11.5 Å². The van der Waals surface area contributed by atoms with Crippen molar-refractivity contribution >= 4 is 16.7 Å². The van der Waals surface area contributed by atoms with Crippen LogP contribution in [0.15, 0.2) is 0 Å². The van der Waals surface area contributed by atoms with Gasteiger partial charge in [-0.15, -0.1) is 0 Å². The molecule has 0 fully saturated rings. The summed E-state index contributed by atoms with van der Waals surface area (Å²) >= 11 is 1.46. The van der Waals surface area contributed by atoms with E-state index in [0.29, 0.717) is 6.04 Å². The van der Waals surface area contributed by atoms with Gasteiger partial charge in [0.15, 0.2) is 0 Å². The van der Waals surface area contributed by atoms with E-state index in [0.717, 1.165) is 23.8 Å². The predicted molar refractivity (Wildman–Crippen MR) is 66.4 cm³/mol. The number of rotatable bonds is 4.